The minimum atomic E-state index is 0.421. The van der Waals surface area contributed by atoms with Crippen molar-refractivity contribution >= 4 is 49.5 Å². The van der Waals surface area contributed by atoms with Gasteiger partial charge in [0, 0.05) is 11.8 Å². The standard InChI is InChI=1S/C17H16N4O2S/c1-3-9-4-5-12-11(6-9)19-16(23-12)21-17-20-15-13(22-2)7-10(18)8-14(15)24-17/h4-8H,3,18H2,1-2H3,(H,19,20,21). The molecule has 0 fully saturated rings. The SMILES string of the molecule is CCc1ccc2oc(Nc3nc4c(OC)cc(N)cc4s3)nc2c1. The number of nitrogens with two attached hydrogens (primary N) is 1. The number of rotatable bonds is 4. The van der Waals surface area contributed by atoms with Crippen LogP contribution in [0.3, 0.4) is 0 Å². The molecule has 0 unspecified atom stereocenters. The van der Waals surface area contributed by atoms with E-state index in [9.17, 15) is 0 Å². The van der Waals surface area contributed by atoms with Gasteiger partial charge in [-0.3, -0.25) is 5.32 Å². The molecule has 2 aromatic carbocycles. The Morgan fingerprint density at radius 3 is 2.92 bits per heavy atom. The Hall–Kier alpha value is -2.80. The topological polar surface area (TPSA) is 86.2 Å². The van der Waals surface area contributed by atoms with Crippen molar-refractivity contribution in [1.29, 1.82) is 0 Å². The number of nitrogen functional groups attached to an aromatic ring is 1. The van der Waals surface area contributed by atoms with E-state index in [0.717, 1.165) is 27.7 Å². The highest BCUT2D eigenvalue weighted by atomic mass is 32.1. The normalized spacial score (nSPS) is 11.2. The molecule has 0 saturated heterocycles. The molecule has 0 aliphatic heterocycles. The maximum absolute atomic E-state index is 5.89. The van der Waals surface area contributed by atoms with Crippen molar-refractivity contribution in [3.63, 3.8) is 0 Å². The molecule has 24 heavy (non-hydrogen) atoms. The first kappa shape index (κ1) is 14.8. The number of methoxy groups -OCH3 is 1. The van der Waals surface area contributed by atoms with Gasteiger partial charge < -0.3 is 14.9 Å². The lowest BCUT2D eigenvalue weighted by Gasteiger charge is -2.01. The zero-order valence-electron chi connectivity index (χ0n) is 13.3. The van der Waals surface area contributed by atoms with E-state index in [-0.39, 0.29) is 0 Å². The van der Waals surface area contributed by atoms with Gasteiger partial charge in [0.1, 0.15) is 16.8 Å². The van der Waals surface area contributed by atoms with Crippen molar-refractivity contribution in [2.75, 3.05) is 18.2 Å². The van der Waals surface area contributed by atoms with Crippen LogP contribution in [-0.4, -0.2) is 17.1 Å². The summed E-state index contributed by atoms with van der Waals surface area (Å²) in [7, 11) is 1.60. The molecule has 2 heterocycles. The lowest BCUT2D eigenvalue weighted by atomic mass is 10.1. The number of benzene rings is 2. The second-order valence-corrected chi connectivity index (χ2v) is 6.42. The van der Waals surface area contributed by atoms with Crippen LogP contribution >= 0.6 is 11.3 Å². The maximum Gasteiger partial charge on any atom is 0.302 e. The number of ether oxygens (including phenoxy) is 1. The number of oxazole rings is 1. The van der Waals surface area contributed by atoms with Gasteiger partial charge in [-0.05, 0) is 30.2 Å². The van der Waals surface area contributed by atoms with Crippen LogP contribution in [0.4, 0.5) is 16.8 Å². The first-order valence-electron chi connectivity index (χ1n) is 7.57. The highest BCUT2D eigenvalue weighted by molar-refractivity contribution is 7.22. The van der Waals surface area contributed by atoms with Crippen LogP contribution in [0.2, 0.25) is 0 Å². The number of hydrogen-bond donors (Lipinski definition) is 2. The third-order valence-corrected chi connectivity index (χ3v) is 4.69. The fourth-order valence-corrected chi connectivity index (χ4v) is 3.49. The molecule has 0 spiro atoms. The average molecular weight is 340 g/mol. The van der Waals surface area contributed by atoms with Gasteiger partial charge in [-0.15, -0.1) is 0 Å². The van der Waals surface area contributed by atoms with Crippen LogP contribution in [0.5, 0.6) is 5.75 Å². The summed E-state index contributed by atoms with van der Waals surface area (Å²) in [6, 6.07) is 10.1. The van der Waals surface area contributed by atoms with Gasteiger partial charge in [-0.2, -0.15) is 4.98 Å². The van der Waals surface area contributed by atoms with Crippen LogP contribution in [-0.2, 0) is 6.42 Å². The Morgan fingerprint density at radius 2 is 2.12 bits per heavy atom. The van der Waals surface area contributed by atoms with Gasteiger partial charge in [-0.1, -0.05) is 24.3 Å². The van der Waals surface area contributed by atoms with Crippen molar-refractivity contribution in [3.05, 3.63) is 35.9 Å². The molecule has 2 aromatic heterocycles. The number of aromatic nitrogens is 2. The number of anilines is 3. The smallest absolute Gasteiger partial charge is 0.302 e. The van der Waals surface area contributed by atoms with E-state index in [1.54, 1.807) is 13.2 Å². The molecule has 0 aliphatic carbocycles. The molecule has 0 aliphatic rings. The Balaban J connectivity index is 1.71. The van der Waals surface area contributed by atoms with Gasteiger partial charge in [0.2, 0.25) is 0 Å². The predicted octanol–water partition coefficient (Wildman–Crippen LogP) is 4.33. The quantitative estimate of drug-likeness (QED) is 0.538. The zero-order valence-corrected chi connectivity index (χ0v) is 14.1. The molecule has 4 rings (SSSR count). The molecule has 0 radical (unpaired) electrons. The lowest BCUT2D eigenvalue weighted by Crippen LogP contribution is -1.90. The second kappa shape index (κ2) is 5.68. The van der Waals surface area contributed by atoms with Gasteiger partial charge >= 0.3 is 6.01 Å². The Labute approximate surface area is 142 Å². The number of aryl methyl sites for hydroxylation is 1. The molecule has 3 N–H and O–H groups in total. The number of hydrogen-bond acceptors (Lipinski definition) is 7. The van der Waals surface area contributed by atoms with Crippen molar-refractivity contribution in [2.24, 2.45) is 0 Å². The molecule has 122 valence electrons. The number of thiazole rings is 1. The molecule has 4 aromatic rings. The largest absolute Gasteiger partial charge is 0.494 e. The first-order chi connectivity index (χ1) is 11.7. The predicted molar refractivity (Wildman–Crippen MR) is 97.3 cm³/mol. The Morgan fingerprint density at radius 1 is 1.25 bits per heavy atom. The third-order valence-electron chi connectivity index (χ3n) is 3.78. The molecule has 7 heteroatoms. The molecule has 0 saturated carbocycles. The van der Waals surface area contributed by atoms with Crippen LogP contribution in [0.15, 0.2) is 34.7 Å². The van der Waals surface area contributed by atoms with Crippen LogP contribution < -0.4 is 15.8 Å². The minimum absolute atomic E-state index is 0.421. The summed E-state index contributed by atoms with van der Waals surface area (Å²) in [5.41, 5.74) is 10.1. The third kappa shape index (κ3) is 2.52. The number of nitrogens with one attached hydrogen (secondary N) is 1. The second-order valence-electron chi connectivity index (χ2n) is 5.39. The van der Waals surface area contributed by atoms with Gasteiger partial charge in [0.05, 0.1) is 11.8 Å². The Kier molecular flexibility index (Phi) is 3.50. The first-order valence-corrected chi connectivity index (χ1v) is 8.38. The lowest BCUT2D eigenvalue weighted by molar-refractivity contribution is 0.419. The van der Waals surface area contributed by atoms with E-state index in [4.69, 9.17) is 14.9 Å². The molecule has 6 nitrogen and oxygen atoms in total. The molecule has 0 amide bonds. The van der Waals surface area contributed by atoms with E-state index < -0.39 is 0 Å². The van der Waals surface area contributed by atoms with Crippen molar-refractivity contribution in [1.82, 2.24) is 9.97 Å². The van der Waals surface area contributed by atoms with Crippen molar-refractivity contribution in [2.45, 2.75) is 13.3 Å². The van der Waals surface area contributed by atoms with Crippen LogP contribution in [0, 0.1) is 0 Å². The summed E-state index contributed by atoms with van der Waals surface area (Å²) >= 11 is 1.47. The summed E-state index contributed by atoms with van der Waals surface area (Å²) in [6.45, 7) is 2.11. The molecule has 0 bridgehead atoms. The van der Waals surface area contributed by atoms with Crippen molar-refractivity contribution in [3.8, 4) is 5.75 Å². The van der Waals surface area contributed by atoms with E-state index >= 15 is 0 Å². The monoisotopic (exact) mass is 340 g/mol. The van der Waals surface area contributed by atoms with Crippen LogP contribution in [0.1, 0.15) is 12.5 Å². The molecule has 0 atom stereocenters. The highest BCUT2D eigenvalue weighted by Crippen LogP contribution is 2.35. The van der Waals surface area contributed by atoms with E-state index in [0.29, 0.717) is 22.6 Å². The fraction of sp³-hybridized carbons (Fsp3) is 0.176. The van der Waals surface area contributed by atoms with E-state index in [1.165, 1.54) is 16.9 Å². The van der Waals surface area contributed by atoms with Crippen molar-refractivity contribution < 1.29 is 9.15 Å². The number of nitrogens with zero attached hydrogens (tertiary/aromatic N) is 2. The van der Waals surface area contributed by atoms with Gasteiger partial charge in [-0.25, -0.2) is 4.98 Å². The average Bonchev–Trinajstić information content (AvgIpc) is 3.15. The van der Waals surface area contributed by atoms with E-state index in [2.05, 4.69) is 22.2 Å². The Bertz CT molecular complexity index is 1040. The van der Waals surface area contributed by atoms with Gasteiger partial charge in [0.15, 0.2) is 10.7 Å². The minimum Gasteiger partial charge on any atom is -0.494 e. The fourth-order valence-electron chi connectivity index (χ4n) is 2.57. The maximum atomic E-state index is 5.89. The summed E-state index contributed by atoms with van der Waals surface area (Å²) in [4.78, 5) is 9.03. The van der Waals surface area contributed by atoms with Gasteiger partial charge in [0.25, 0.3) is 0 Å². The summed E-state index contributed by atoms with van der Waals surface area (Å²) in [5, 5.41) is 3.80. The van der Waals surface area contributed by atoms with E-state index in [1.807, 2.05) is 24.3 Å². The van der Waals surface area contributed by atoms with Crippen LogP contribution in [0.25, 0.3) is 21.3 Å². The summed E-state index contributed by atoms with van der Waals surface area (Å²) in [5.74, 6) is 0.652. The molecular formula is C17H16N4O2S. The summed E-state index contributed by atoms with van der Waals surface area (Å²) < 4.78 is 12.0. The summed E-state index contributed by atoms with van der Waals surface area (Å²) in [6.07, 6.45) is 0.963. The molecular weight excluding hydrogens is 324 g/mol. The zero-order chi connectivity index (χ0) is 16.7. The number of fused-ring (bicyclic) bond motifs is 2. The highest BCUT2D eigenvalue weighted by Gasteiger charge is 2.13.